The van der Waals surface area contributed by atoms with Gasteiger partial charge in [-0.2, -0.15) is 5.10 Å². The Kier molecular flexibility index (Phi) is 10.7. The number of hydrogen-bond acceptors (Lipinski definition) is 6. The van der Waals surface area contributed by atoms with Gasteiger partial charge in [0, 0.05) is 24.4 Å². The maximum absolute atomic E-state index is 12.3. The summed E-state index contributed by atoms with van der Waals surface area (Å²) in [6, 6.07) is 12.6. The number of nitrogens with zero attached hydrogens (tertiary/aromatic N) is 1. The fraction of sp³-hybridized carbons (Fsp3) is 0.360. The van der Waals surface area contributed by atoms with E-state index in [0.717, 1.165) is 11.1 Å². The van der Waals surface area contributed by atoms with Crippen molar-refractivity contribution in [3.05, 3.63) is 59.2 Å². The number of ether oxygens (including phenoxy) is 2. The molecule has 3 N–H and O–H groups in total. The summed E-state index contributed by atoms with van der Waals surface area (Å²) in [5.41, 5.74) is 5.63. The summed E-state index contributed by atoms with van der Waals surface area (Å²) in [5.74, 6) is -1.56. The second-order valence-electron chi connectivity index (χ2n) is 7.90. The van der Waals surface area contributed by atoms with Gasteiger partial charge in [0.15, 0.2) is 6.61 Å². The molecule has 0 bridgehead atoms. The van der Waals surface area contributed by atoms with E-state index in [1.807, 2.05) is 45.9 Å². The molecule has 0 unspecified atom stereocenters. The zero-order valence-corrected chi connectivity index (χ0v) is 20.0. The van der Waals surface area contributed by atoms with E-state index in [9.17, 15) is 14.4 Å². The molecule has 0 spiro atoms. The van der Waals surface area contributed by atoms with Crippen LogP contribution in [0, 0.1) is 13.8 Å². The molecule has 2 aromatic carbocycles. The van der Waals surface area contributed by atoms with Crippen molar-refractivity contribution in [3.8, 4) is 5.75 Å². The van der Waals surface area contributed by atoms with Gasteiger partial charge in [-0.25, -0.2) is 5.43 Å². The Morgan fingerprint density at radius 1 is 1.03 bits per heavy atom. The molecule has 0 saturated heterocycles. The van der Waals surface area contributed by atoms with Gasteiger partial charge in [0.05, 0.1) is 12.3 Å². The molecule has 0 aliphatic rings. The van der Waals surface area contributed by atoms with E-state index >= 15 is 0 Å². The first kappa shape index (κ1) is 26.5. The summed E-state index contributed by atoms with van der Waals surface area (Å²) in [6.07, 6.45) is 2.06. The van der Waals surface area contributed by atoms with Crippen molar-refractivity contribution in [2.45, 2.75) is 40.2 Å². The second kappa shape index (κ2) is 13.7. The molecule has 3 amide bonds. The van der Waals surface area contributed by atoms with E-state index < -0.39 is 11.8 Å². The zero-order valence-electron chi connectivity index (χ0n) is 20.0. The molecule has 0 fully saturated rings. The molecule has 182 valence electrons. The normalized spacial score (nSPS) is 10.9. The van der Waals surface area contributed by atoms with Gasteiger partial charge in [-0.05, 0) is 69.5 Å². The fourth-order valence-electron chi connectivity index (χ4n) is 2.76. The lowest BCUT2D eigenvalue weighted by Crippen LogP contribution is -2.38. The van der Waals surface area contributed by atoms with Crippen molar-refractivity contribution in [3.63, 3.8) is 0 Å². The predicted octanol–water partition coefficient (Wildman–Crippen LogP) is 2.70. The van der Waals surface area contributed by atoms with Gasteiger partial charge >= 0.3 is 11.8 Å². The second-order valence-corrected chi connectivity index (χ2v) is 7.90. The standard InChI is InChI=1S/C25H32N4O5/c1-17(2)33-13-7-12-26-24(31)25(32)29-27-15-20-8-5-6-9-22(20)34-16-23(30)28-21-11-10-18(3)19(4)14-21/h5-6,8-11,14-15,17H,7,12-13,16H2,1-4H3,(H,26,31)(H,28,30)(H,29,32)/b27-15-. The number of carbonyl (C=O) groups is 3. The van der Waals surface area contributed by atoms with Crippen molar-refractivity contribution < 1.29 is 23.9 Å². The lowest BCUT2D eigenvalue weighted by Gasteiger charge is -2.10. The largest absolute Gasteiger partial charge is 0.483 e. The fourth-order valence-corrected chi connectivity index (χ4v) is 2.76. The third-order valence-corrected chi connectivity index (χ3v) is 4.70. The van der Waals surface area contributed by atoms with E-state index in [1.165, 1.54) is 6.21 Å². The molecule has 0 aliphatic heterocycles. The molecule has 0 saturated carbocycles. The summed E-state index contributed by atoms with van der Waals surface area (Å²) in [5, 5.41) is 9.11. The minimum atomic E-state index is -0.882. The molecule has 2 rings (SSSR count). The third-order valence-electron chi connectivity index (χ3n) is 4.70. The monoisotopic (exact) mass is 468 g/mol. The number of benzene rings is 2. The number of aryl methyl sites for hydroxylation is 2. The van der Waals surface area contributed by atoms with Gasteiger partial charge in [0.25, 0.3) is 5.91 Å². The molecule has 0 aromatic heterocycles. The highest BCUT2D eigenvalue weighted by Gasteiger charge is 2.12. The zero-order chi connectivity index (χ0) is 24.9. The maximum atomic E-state index is 12.3. The number of anilines is 1. The number of hydrogen-bond donors (Lipinski definition) is 3. The van der Waals surface area contributed by atoms with Crippen LogP contribution in [0.25, 0.3) is 0 Å². The Hall–Kier alpha value is -3.72. The number of amides is 3. The number of nitrogens with one attached hydrogen (secondary N) is 3. The molecule has 0 aliphatic carbocycles. The average molecular weight is 469 g/mol. The van der Waals surface area contributed by atoms with E-state index in [1.54, 1.807) is 24.3 Å². The van der Waals surface area contributed by atoms with Gasteiger partial charge in [-0.15, -0.1) is 0 Å². The SMILES string of the molecule is Cc1ccc(NC(=O)COc2ccccc2/C=N\NC(=O)C(=O)NCCCOC(C)C)cc1C. The van der Waals surface area contributed by atoms with Gasteiger partial charge in [0.1, 0.15) is 5.75 Å². The van der Waals surface area contributed by atoms with Crippen molar-refractivity contribution in [1.82, 2.24) is 10.7 Å². The molecule has 0 atom stereocenters. The Balaban J connectivity index is 1.81. The molecule has 0 radical (unpaired) electrons. The van der Waals surface area contributed by atoms with Gasteiger partial charge in [-0.1, -0.05) is 18.2 Å². The van der Waals surface area contributed by atoms with Gasteiger partial charge < -0.3 is 20.1 Å². The number of rotatable bonds is 11. The third kappa shape index (κ3) is 9.41. The summed E-state index contributed by atoms with van der Waals surface area (Å²) < 4.78 is 11.0. The van der Waals surface area contributed by atoms with Crippen LogP contribution in [0.3, 0.4) is 0 Å². The Labute approximate surface area is 199 Å². The quantitative estimate of drug-likeness (QED) is 0.203. The van der Waals surface area contributed by atoms with Crippen molar-refractivity contribution in [2.24, 2.45) is 5.10 Å². The predicted molar refractivity (Wildman–Crippen MR) is 131 cm³/mol. The summed E-state index contributed by atoms with van der Waals surface area (Å²) in [4.78, 5) is 35.9. The Bertz CT molecular complexity index is 1020. The number of para-hydroxylation sites is 1. The summed E-state index contributed by atoms with van der Waals surface area (Å²) in [6.45, 7) is 8.44. The highest BCUT2D eigenvalue weighted by atomic mass is 16.5. The topological polar surface area (TPSA) is 118 Å². The Morgan fingerprint density at radius 3 is 2.53 bits per heavy atom. The molecule has 9 nitrogen and oxygen atoms in total. The van der Waals surface area contributed by atoms with Crippen LogP contribution in [0.15, 0.2) is 47.6 Å². The number of carbonyl (C=O) groups excluding carboxylic acids is 3. The van der Waals surface area contributed by atoms with Crippen LogP contribution >= 0.6 is 0 Å². The average Bonchev–Trinajstić information content (AvgIpc) is 2.80. The lowest BCUT2D eigenvalue weighted by molar-refractivity contribution is -0.139. The van der Waals surface area contributed by atoms with Crippen molar-refractivity contribution >= 4 is 29.6 Å². The van der Waals surface area contributed by atoms with E-state index in [4.69, 9.17) is 9.47 Å². The van der Waals surface area contributed by atoms with Crippen molar-refractivity contribution in [2.75, 3.05) is 25.1 Å². The molecule has 2 aromatic rings. The van der Waals surface area contributed by atoms with Crippen molar-refractivity contribution in [1.29, 1.82) is 0 Å². The van der Waals surface area contributed by atoms with Crippen LogP contribution in [0.2, 0.25) is 0 Å². The molecular formula is C25H32N4O5. The van der Waals surface area contributed by atoms with E-state index in [2.05, 4.69) is 21.2 Å². The summed E-state index contributed by atoms with van der Waals surface area (Å²) in [7, 11) is 0. The van der Waals surface area contributed by atoms with Crippen LogP contribution in [-0.4, -0.2) is 49.8 Å². The van der Waals surface area contributed by atoms with E-state index in [-0.39, 0.29) is 18.6 Å². The van der Waals surface area contributed by atoms with E-state index in [0.29, 0.717) is 36.6 Å². The van der Waals surface area contributed by atoms with Crippen LogP contribution < -0.4 is 20.8 Å². The molecule has 34 heavy (non-hydrogen) atoms. The highest BCUT2D eigenvalue weighted by molar-refractivity contribution is 6.35. The first-order valence-electron chi connectivity index (χ1n) is 11.1. The minimum Gasteiger partial charge on any atom is -0.483 e. The van der Waals surface area contributed by atoms with Crippen LogP contribution in [0.4, 0.5) is 5.69 Å². The molecular weight excluding hydrogens is 436 g/mol. The molecule has 0 heterocycles. The Morgan fingerprint density at radius 2 is 1.79 bits per heavy atom. The van der Waals surface area contributed by atoms with Gasteiger partial charge in [-0.3, -0.25) is 14.4 Å². The minimum absolute atomic E-state index is 0.118. The number of hydrazone groups is 1. The van der Waals surface area contributed by atoms with Crippen LogP contribution in [0.1, 0.15) is 37.0 Å². The van der Waals surface area contributed by atoms with Gasteiger partial charge in [0.2, 0.25) is 0 Å². The molecule has 9 heteroatoms. The summed E-state index contributed by atoms with van der Waals surface area (Å²) >= 11 is 0. The van der Waals surface area contributed by atoms with Crippen LogP contribution in [-0.2, 0) is 19.1 Å². The lowest BCUT2D eigenvalue weighted by atomic mass is 10.1. The first-order chi connectivity index (χ1) is 16.3. The smallest absolute Gasteiger partial charge is 0.329 e. The first-order valence-corrected chi connectivity index (χ1v) is 11.1. The van der Waals surface area contributed by atoms with Crippen LogP contribution in [0.5, 0.6) is 5.75 Å². The maximum Gasteiger partial charge on any atom is 0.329 e. The highest BCUT2D eigenvalue weighted by Crippen LogP contribution is 2.17.